The lowest BCUT2D eigenvalue weighted by Crippen LogP contribution is -2.06. The maximum atomic E-state index is 5.73. The fraction of sp³-hybridized carbons (Fsp3) is 0.364. The Morgan fingerprint density at radius 1 is 1.40 bits per heavy atom. The van der Waals surface area contributed by atoms with Crippen molar-refractivity contribution >= 4 is 33.5 Å². The van der Waals surface area contributed by atoms with Crippen LogP contribution in [0.15, 0.2) is 12.1 Å². The summed E-state index contributed by atoms with van der Waals surface area (Å²) in [5.74, 6) is 0.941. The number of hydrogen-bond acceptors (Lipinski definition) is 2. The lowest BCUT2D eigenvalue weighted by atomic mass is 10.1. The summed E-state index contributed by atoms with van der Waals surface area (Å²) >= 11 is 2.22. The van der Waals surface area contributed by atoms with E-state index in [4.69, 9.17) is 4.74 Å². The summed E-state index contributed by atoms with van der Waals surface area (Å²) in [5, 5.41) is 8.28. The standard InChI is InChI=1S/C11H13IN2O/c1-6(2)15-10-5-8-9(4-7(10)3)13-14-11(8)12/h4-6H,1-3H3,(H,13,14). The van der Waals surface area contributed by atoms with Crippen molar-refractivity contribution in [1.82, 2.24) is 10.2 Å². The largest absolute Gasteiger partial charge is 0.491 e. The maximum absolute atomic E-state index is 5.73. The van der Waals surface area contributed by atoms with E-state index in [-0.39, 0.29) is 6.10 Å². The summed E-state index contributed by atoms with van der Waals surface area (Å²) in [6.07, 6.45) is 0.200. The van der Waals surface area contributed by atoms with Crippen molar-refractivity contribution in [2.75, 3.05) is 0 Å². The normalized spacial score (nSPS) is 11.3. The smallest absolute Gasteiger partial charge is 0.131 e. The van der Waals surface area contributed by atoms with Gasteiger partial charge in [0, 0.05) is 5.39 Å². The molecular formula is C11H13IN2O. The summed E-state index contributed by atoms with van der Waals surface area (Å²) in [4.78, 5) is 0. The van der Waals surface area contributed by atoms with Gasteiger partial charge in [-0.3, -0.25) is 5.10 Å². The third-order valence-corrected chi connectivity index (χ3v) is 3.00. The number of aryl methyl sites for hydroxylation is 1. The molecule has 0 unspecified atom stereocenters. The molecule has 0 spiro atoms. The highest BCUT2D eigenvalue weighted by Crippen LogP contribution is 2.27. The average molecular weight is 316 g/mol. The molecule has 0 fully saturated rings. The van der Waals surface area contributed by atoms with E-state index < -0.39 is 0 Å². The zero-order valence-corrected chi connectivity index (χ0v) is 11.1. The molecule has 0 aliphatic carbocycles. The second-order valence-electron chi connectivity index (χ2n) is 3.84. The minimum atomic E-state index is 0.200. The quantitative estimate of drug-likeness (QED) is 0.864. The van der Waals surface area contributed by atoms with Crippen LogP contribution >= 0.6 is 22.6 Å². The minimum absolute atomic E-state index is 0.200. The molecule has 4 heteroatoms. The number of hydrogen-bond donors (Lipinski definition) is 1. The van der Waals surface area contributed by atoms with E-state index in [1.54, 1.807) is 0 Å². The molecule has 2 aromatic rings. The first-order valence-electron chi connectivity index (χ1n) is 4.89. The molecule has 0 saturated carbocycles. The molecule has 0 saturated heterocycles. The molecule has 80 valence electrons. The van der Waals surface area contributed by atoms with E-state index in [1.807, 2.05) is 20.8 Å². The van der Waals surface area contributed by atoms with Crippen molar-refractivity contribution in [3.05, 3.63) is 21.4 Å². The molecule has 1 aromatic heterocycles. The Hall–Kier alpha value is -0.780. The zero-order valence-electron chi connectivity index (χ0n) is 8.97. The van der Waals surface area contributed by atoms with E-state index in [1.165, 1.54) is 0 Å². The van der Waals surface area contributed by atoms with Crippen LogP contribution in [-0.4, -0.2) is 16.3 Å². The van der Waals surface area contributed by atoms with Crippen LogP contribution in [0.4, 0.5) is 0 Å². The topological polar surface area (TPSA) is 37.9 Å². The molecule has 1 aromatic carbocycles. The van der Waals surface area contributed by atoms with Crippen molar-refractivity contribution in [2.45, 2.75) is 26.9 Å². The second-order valence-corrected chi connectivity index (χ2v) is 4.87. The molecule has 1 N–H and O–H groups in total. The first-order chi connectivity index (χ1) is 7.08. The van der Waals surface area contributed by atoms with Crippen LogP contribution in [0.5, 0.6) is 5.75 Å². The Labute approximate surface area is 102 Å². The lowest BCUT2D eigenvalue weighted by Gasteiger charge is -2.12. The van der Waals surface area contributed by atoms with Crippen molar-refractivity contribution in [1.29, 1.82) is 0 Å². The Morgan fingerprint density at radius 3 is 2.80 bits per heavy atom. The SMILES string of the molecule is Cc1cc2[nH]nc(I)c2cc1OC(C)C. The predicted octanol–water partition coefficient (Wildman–Crippen LogP) is 3.26. The third kappa shape index (κ3) is 2.09. The summed E-state index contributed by atoms with van der Waals surface area (Å²) < 4.78 is 6.72. The van der Waals surface area contributed by atoms with Gasteiger partial charge in [-0.1, -0.05) is 0 Å². The van der Waals surface area contributed by atoms with E-state index in [0.717, 1.165) is 25.9 Å². The van der Waals surface area contributed by atoms with Crippen LogP contribution in [0.1, 0.15) is 19.4 Å². The zero-order chi connectivity index (χ0) is 11.0. The number of rotatable bonds is 2. The number of aromatic amines is 1. The fourth-order valence-electron chi connectivity index (χ4n) is 1.50. The molecule has 2 rings (SSSR count). The molecule has 15 heavy (non-hydrogen) atoms. The number of fused-ring (bicyclic) bond motifs is 1. The monoisotopic (exact) mass is 316 g/mol. The van der Waals surface area contributed by atoms with Crippen molar-refractivity contribution in [3.63, 3.8) is 0 Å². The highest BCUT2D eigenvalue weighted by Gasteiger charge is 2.08. The summed E-state index contributed by atoms with van der Waals surface area (Å²) in [5.41, 5.74) is 2.20. The summed E-state index contributed by atoms with van der Waals surface area (Å²) in [6, 6.07) is 4.12. The van der Waals surface area contributed by atoms with E-state index >= 15 is 0 Å². The first kappa shape index (κ1) is 10.7. The van der Waals surface area contributed by atoms with Gasteiger partial charge in [-0.2, -0.15) is 5.10 Å². The Morgan fingerprint density at radius 2 is 2.13 bits per heavy atom. The van der Waals surface area contributed by atoms with Gasteiger partial charge in [-0.25, -0.2) is 0 Å². The summed E-state index contributed by atoms with van der Waals surface area (Å²) in [6.45, 7) is 6.11. The number of benzene rings is 1. The first-order valence-corrected chi connectivity index (χ1v) is 5.96. The Balaban J connectivity index is 2.54. The van der Waals surface area contributed by atoms with E-state index in [2.05, 4.69) is 44.9 Å². The van der Waals surface area contributed by atoms with Crippen LogP contribution < -0.4 is 4.74 Å². The number of ether oxygens (including phenoxy) is 1. The van der Waals surface area contributed by atoms with Gasteiger partial charge in [0.1, 0.15) is 9.45 Å². The Kier molecular flexibility index (Phi) is 2.86. The van der Waals surface area contributed by atoms with Gasteiger partial charge in [-0.05, 0) is 61.1 Å². The van der Waals surface area contributed by atoms with Crippen LogP contribution in [0.3, 0.4) is 0 Å². The molecule has 0 bridgehead atoms. The Bertz CT molecular complexity index is 491. The van der Waals surface area contributed by atoms with E-state index in [0.29, 0.717) is 0 Å². The number of H-pyrrole nitrogens is 1. The van der Waals surface area contributed by atoms with Gasteiger partial charge in [-0.15, -0.1) is 0 Å². The van der Waals surface area contributed by atoms with Crippen molar-refractivity contribution in [3.8, 4) is 5.75 Å². The molecule has 0 aliphatic rings. The van der Waals surface area contributed by atoms with Crippen LogP contribution in [0.2, 0.25) is 0 Å². The minimum Gasteiger partial charge on any atom is -0.491 e. The fourth-order valence-corrected chi connectivity index (χ4v) is 2.07. The van der Waals surface area contributed by atoms with Crippen molar-refractivity contribution < 1.29 is 4.74 Å². The number of nitrogens with zero attached hydrogens (tertiary/aromatic N) is 1. The molecule has 0 radical (unpaired) electrons. The van der Waals surface area contributed by atoms with Gasteiger partial charge in [0.25, 0.3) is 0 Å². The number of halogens is 1. The van der Waals surface area contributed by atoms with Gasteiger partial charge in [0.2, 0.25) is 0 Å². The second kappa shape index (κ2) is 4.00. The predicted molar refractivity (Wildman–Crippen MR) is 69.3 cm³/mol. The highest BCUT2D eigenvalue weighted by molar-refractivity contribution is 14.1. The van der Waals surface area contributed by atoms with E-state index in [9.17, 15) is 0 Å². The molecule has 0 amide bonds. The maximum Gasteiger partial charge on any atom is 0.131 e. The summed E-state index contributed by atoms with van der Waals surface area (Å²) in [7, 11) is 0. The molecule has 0 aliphatic heterocycles. The van der Waals surface area contributed by atoms with Gasteiger partial charge in [0.15, 0.2) is 0 Å². The molecule has 0 atom stereocenters. The molecule has 1 heterocycles. The van der Waals surface area contributed by atoms with Gasteiger partial charge < -0.3 is 4.74 Å². The third-order valence-electron chi connectivity index (χ3n) is 2.17. The van der Waals surface area contributed by atoms with Gasteiger partial charge in [0.05, 0.1) is 11.6 Å². The molecular weight excluding hydrogens is 303 g/mol. The highest BCUT2D eigenvalue weighted by atomic mass is 127. The number of aromatic nitrogens is 2. The van der Waals surface area contributed by atoms with Crippen LogP contribution in [-0.2, 0) is 0 Å². The van der Waals surface area contributed by atoms with Crippen molar-refractivity contribution in [2.24, 2.45) is 0 Å². The van der Waals surface area contributed by atoms with Crippen LogP contribution in [0.25, 0.3) is 10.9 Å². The average Bonchev–Trinajstić information content (AvgIpc) is 2.48. The van der Waals surface area contributed by atoms with Crippen LogP contribution in [0, 0.1) is 10.6 Å². The molecule has 3 nitrogen and oxygen atoms in total. The number of nitrogens with one attached hydrogen (secondary N) is 1. The lowest BCUT2D eigenvalue weighted by molar-refractivity contribution is 0.241. The van der Waals surface area contributed by atoms with Gasteiger partial charge >= 0.3 is 0 Å².